The maximum Gasteiger partial charge on any atom is 0.257 e. The van der Waals surface area contributed by atoms with Gasteiger partial charge in [0.25, 0.3) is 5.91 Å². The Morgan fingerprint density at radius 3 is 2.65 bits per heavy atom. The number of hydrogen-bond donors (Lipinski definition) is 2. The molecule has 0 aliphatic rings. The van der Waals surface area contributed by atoms with Gasteiger partial charge in [0.1, 0.15) is 11.3 Å². The highest BCUT2D eigenvalue weighted by atomic mass is 32.1. The van der Waals surface area contributed by atoms with Crippen LogP contribution in [0.1, 0.15) is 22.8 Å². The first-order valence-electron chi connectivity index (χ1n) is 9.82. The van der Waals surface area contributed by atoms with Crippen LogP contribution in [0.3, 0.4) is 0 Å². The fraction of sp³-hybridized carbons (Fsp3) is 0.125. The molecule has 1 amide bonds. The van der Waals surface area contributed by atoms with Crippen LogP contribution in [0, 0.1) is 0 Å². The highest BCUT2D eigenvalue weighted by Crippen LogP contribution is 2.27. The van der Waals surface area contributed by atoms with Crippen LogP contribution in [0.15, 0.2) is 71.1 Å². The van der Waals surface area contributed by atoms with Crippen molar-refractivity contribution in [1.82, 2.24) is 10.3 Å². The molecule has 0 fully saturated rings. The molecule has 6 nitrogen and oxygen atoms in total. The molecule has 3 aromatic carbocycles. The molecule has 0 aliphatic carbocycles. The van der Waals surface area contributed by atoms with Gasteiger partial charge in [-0.1, -0.05) is 19.1 Å². The van der Waals surface area contributed by atoms with Gasteiger partial charge in [0, 0.05) is 16.8 Å². The van der Waals surface area contributed by atoms with Crippen LogP contribution in [0.4, 0.5) is 5.69 Å². The zero-order valence-corrected chi connectivity index (χ0v) is 18.0. The number of nitrogens with zero attached hydrogens (tertiary/aromatic N) is 1. The number of ether oxygens (including phenoxy) is 1. The summed E-state index contributed by atoms with van der Waals surface area (Å²) in [6.45, 7) is 2.10. The standard InChI is InChI=1S/C24H21N3O3S/c1-3-15-7-12-21-20(13-15)26-23(30-21)17-5-4-6-18(14-17)25-24(31)27-22(28)16-8-10-19(29-2)11-9-16/h4-14H,3H2,1-2H3,(H2,25,27,28,31). The van der Waals surface area contributed by atoms with Crippen molar-refractivity contribution >= 4 is 40.0 Å². The van der Waals surface area contributed by atoms with Gasteiger partial charge in [0.2, 0.25) is 5.89 Å². The number of rotatable bonds is 5. The van der Waals surface area contributed by atoms with E-state index in [-0.39, 0.29) is 11.0 Å². The van der Waals surface area contributed by atoms with Crippen molar-refractivity contribution in [1.29, 1.82) is 0 Å². The Labute approximate surface area is 185 Å². The third kappa shape index (κ3) is 4.73. The molecule has 7 heteroatoms. The van der Waals surface area contributed by atoms with Crippen LogP contribution < -0.4 is 15.4 Å². The Kier molecular flexibility index (Phi) is 5.95. The fourth-order valence-electron chi connectivity index (χ4n) is 3.13. The number of thiocarbonyl (C=S) groups is 1. The Morgan fingerprint density at radius 1 is 1.10 bits per heavy atom. The molecule has 0 bridgehead atoms. The Bertz CT molecular complexity index is 1250. The maximum absolute atomic E-state index is 12.4. The average Bonchev–Trinajstić information content (AvgIpc) is 3.22. The van der Waals surface area contributed by atoms with Crippen LogP contribution in [-0.2, 0) is 6.42 Å². The quantitative estimate of drug-likeness (QED) is 0.424. The highest BCUT2D eigenvalue weighted by Gasteiger charge is 2.11. The zero-order chi connectivity index (χ0) is 21.8. The van der Waals surface area contributed by atoms with Crippen LogP contribution in [0.5, 0.6) is 5.75 Å². The van der Waals surface area contributed by atoms with Crippen LogP contribution in [0.25, 0.3) is 22.6 Å². The number of methoxy groups -OCH3 is 1. The molecule has 4 aromatic rings. The van der Waals surface area contributed by atoms with E-state index in [1.807, 2.05) is 42.5 Å². The molecule has 1 aromatic heterocycles. The van der Waals surface area contributed by atoms with Crippen molar-refractivity contribution in [3.8, 4) is 17.2 Å². The third-order valence-electron chi connectivity index (χ3n) is 4.81. The van der Waals surface area contributed by atoms with E-state index in [9.17, 15) is 4.79 Å². The van der Waals surface area contributed by atoms with Crippen molar-refractivity contribution in [2.75, 3.05) is 12.4 Å². The van der Waals surface area contributed by atoms with Crippen molar-refractivity contribution in [2.24, 2.45) is 0 Å². The van der Waals surface area contributed by atoms with Gasteiger partial charge in [-0.2, -0.15) is 0 Å². The maximum atomic E-state index is 12.4. The lowest BCUT2D eigenvalue weighted by Gasteiger charge is -2.10. The number of anilines is 1. The third-order valence-corrected chi connectivity index (χ3v) is 5.01. The van der Waals surface area contributed by atoms with Gasteiger partial charge in [0.15, 0.2) is 10.7 Å². The lowest BCUT2D eigenvalue weighted by Crippen LogP contribution is -2.34. The summed E-state index contributed by atoms with van der Waals surface area (Å²) >= 11 is 5.29. The van der Waals surface area contributed by atoms with Crippen LogP contribution in [0.2, 0.25) is 0 Å². The summed E-state index contributed by atoms with van der Waals surface area (Å²) < 4.78 is 11.0. The van der Waals surface area contributed by atoms with Gasteiger partial charge in [-0.05, 0) is 78.8 Å². The van der Waals surface area contributed by atoms with E-state index >= 15 is 0 Å². The number of benzene rings is 3. The van der Waals surface area contributed by atoms with Gasteiger partial charge in [-0.15, -0.1) is 0 Å². The Morgan fingerprint density at radius 2 is 1.90 bits per heavy atom. The van der Waals surface area contributed by atoms with Gasteiger partial charge < -0.3 is 14.5 Å². The minimum Gasteiger partial charge on any atom is -0.497 e. The van der Waals surface area contributed by atoms with E-state index in [2.05, 4.69) is 22.5 Å². The number of carbonyl (C=O) groups excluding carboxylic acids is 1. The molecular weight excluding hydrogens is 410 g/mol. The van der Waals surface area contributed by atoms with E-state index in [1.54, 1.807) is 31.4 Å². The number of oxazole rings is 1. The Hall–Kier alpha value is -3.71. The van der Waals surface area contributed by atoms with Gasteiger partial charge in [-0.25, -0.2) is 4.98 Å². The second-order valence-electron chi connectivity index (χ2n) is 6.89. The number of hydrogen-bond acceptors (Lipinski definition) is 5. The molecule has 31 heavy (non-hydrogen) atoms. The molecule has 1 heterocycles. The van der Waals surface area contributed by atoms with Crippen LogP contribution in [-0.4, -0.2) is 23.1 Å². The summed E-state index contributed by atoms with van der Waals surface area (Å²) in [7, 11) is 1.57. The fourth-order valence-corrected chi connectivity index (χ4v) is 3.34. The summed E-state index contributed by atoms with van der Waals surface area (Å²) in [4.78, 5) is 17.0. The number of amides is 1. The minimum atomic E-state index is -0.304. The lowest BCUT2D eigenvalue weighted by molar-refractivity contribution is 0.0977. The first-order valence-corrected chi connectivity index (χ1v) is 10.2. The van der Waals surface area contributed by atoms with Gasteiger partial charge in [-0.3, -0.25) is 10.1 Å². The van der Waals surface area contributed by atoms with Crippen molar-refractivity contribution in [3.63, 3.8) is 0 Å². The van der Waals surface area contributed by atoms with E-state index in [0.717, 1.165) is 23.1 Å². The molecule has 0 aliphatic heterocycles. The van der Waals surface area contributed by atoms with E-state index in [0.29, 0.717) is 22.9 Å². The summed E-state index contributed by atoms with van der Waals surface area (Å²) in [5, 5.41) is 5.91. The van der Waals surface area contributed by atoms with E-state index < -0.39 is 0 Å². The number of aromatic nitrogens is 1. The second-order valence-corrected chi connectivity index (χ2v) is 7.30. The molecule has 2 N–H and O–H groups in total. The van der Waals surface area contributed by atoms with Gasteiger partial charge >= 0.3 is 0 Å². The summed E-state index contributed by atoms with van der Waals surface area (Å²) in [6, 6.07) is 20.3. The number of carbonyl (C=O) groups is 1. The minimum absolute atomic E-state index is 0.197. The highest BCUT2D eigenvalue weighted by molar-refractivity contribution is 7.80. The summed E-state index contributed by atoms with van der Waals surface area (Å²) in [6.07, 6.45) is 0.942. The molecular formula is C24H21N3O3S. The molecule has 4 rings (SSSR count). The first kappa shape index (κ1) is 20.6. The predicted molar refractivity (Wildman–Crippen MR) is 126 cm³/mol. The average molecular weight is 432 g/mol. The molecule has 0 atom stereocenters. The zero-order valence-electron chi connectivity index (χ0n) is 17.1. The number of nitrogens with one attached hydrogen (secondary N) is 2. The topological polar surface area (TPSA) is 76.4 Å². The smallest absolute Gasteiger partial charge is 0.257 e. The predicted octanol–water partition coefficient (Wildman–Crippen LogP) is 5.19. The van der Waals surface area contributed by atoms with Crippen molar-refractivity contribution in [2.45, 2.75) is 13.3 Å². The largest absolute Gasteiger partial charge is 0.497 e. The SMILES string of the molecule is CCc1ccc2oc(-c3cccc(NC(=S)NC(=O)c4ccc(OC)cc4)c3)nc2c1. The lowest BCUT2D eigenvalue weighted by atomic mass is 10.1. The molecule has 0 saturated heterocycles. The number of aryl methyl sites for hydroxylation is 1. The van der Waals surface area contributed by atoms with E-state index in [1.165, 1.54) is 5.56 Å². The van der Waals surface area contributed by atoms with E-state index in [4.69, 9.17) is 21.4 Å². The summed E-state index contributed by atoms with van der Waals surface area (Å²) in [5.74, 6) is 0.904. The van der Waals surface area contributed by atoms with Crippen molar-refractivity contribution < 1.29 is 13.9 Å². The van der Waals surface area contributed by atoms with Crippen LogP contribution >= 0.6 is 12.2 Å². The molecule has 0 saturated carbocycles. The Balaban J connectivity index is 1.46. The molecule has 0 radical (unpaired) electrons. The number of fused-ring (bicyclic) bond motifs is 1. The second kappa shape index (κ2) is 8.97. The summed E-state index contributed by atoms with van der Waals surface area (Å²) in [5.41, 5.74) is 4.79. The molecule has 0 unspecified atom stereocenters. The molecule has 156 valence electrons. The van der Waals surface area contributed by atoms with Gasteiger partial charge in [0.05, 0.1) is 7.11 Å². The molecule has 0 spiro atoms. The van der Waals surface area contributed by atoms with Crippen molar-refractivity contribution in [3.05, 3.63) is 77.9 Å². The normalized spacial score (nSPS) is 10.6. The first-order chi connectivity index (χ1) is 15.1. The monoisotopic (exact) mass is 431 g/mol.